The number of nitrogens with one attached hydrogen (secondary N) is 1. The van der Waals surface area contributed by atoms with Crippen LogP contribution >= 0.6 is 0 Å². The first kappa shape index (κ1) is 15.2. The lowest BCUT2D eigenvalue weighted by atomic mass is 10.0. The molecule has 0 saturated heterocycles. The van der Waals surface area contributed by atoms with Crippen LogP contribution in [0.5, 0.6) is 0 Å². The highest BCUT2D eigenvalue weighted by Gasteiger charge is 2.14. The topological polar surface area (TPSA) is 41.8 Å². The minimum atomic E-state index is 0.645. The van der Waals surface area contributed by atoms with Crippen molar-refractivity contribution in [2.45, 2.75) is 0 Å². The van der Waals surface area contributed by atoms with E-state index < -0.39 is 0 Å². The molecule has 0 aliphatic rings. The van der Waals surface area contributed by atoms with E-state index in [9.17, 15) is 0 Å². The standard InChI is InChI=1S/C25H16N2O/c1-3-7-16(8-4-1)18-11-13-21-20(15-18)19-12-14-22-24(23(19)26-21)28-25(27-22)17-9-5-2-6-10-17/h1-15,26H. The van der Waals surface area contributed by atoms with Gasteiger partial charge in [-0.1, -0.05) is 54.6 Å². The Morgan fingerprint density at radius 3 is 2.18 bits per heavy atom. The predicted molar refractivity (Wildman–Crippen MR) is 114 cm³/mol. The summed E-state index contributed by atoms with van der Waals surface area (Å²) in [5.74, 6) is 0.645. The highest BCUT2D eigenvalue weighted by atomic mass is 16.3. The molecule has 0 amide bonds. The van der Waals surface area contributed by atoms with Gasteiger partial charge in [-0.05, 0) is 47.5 Å². The summed E-state index contributed by atoms with van der Waals surface area (Å²) >= 11 is 0. The second-order valence-electron chi connectivity index (χ2n) is 6.97. The number of benzene rings is 4. The number of hydrogen-bond acceptors (Lipinski definition) is 2. The summed E-state index contributed by atoms with van der Waals surface area (Å²) < 4.78 is 6.17. The molecule has 132 valence electrons. The number of nitrogens with zero attached hydrogens (tertiary/aromatic N) is 1. The van der Waals surface area contributed by atoms with E-state index in [1.165, 1.54) is 16.5 Å². The third kappa shape index (κ3) is 2.26. The third-order valence-electron chi connectivity index (χ3n) is 5.25. The van der Waals surface area contributed by atoms with Crippen molar-refractivity contribution >= 4 is 32.9 Å². The molecule has 1 N–H and O–H groups in total. The van der Waals surface area contributed by atoms with Gasteiger partial charge >= 0.3 is 0 Å². The van der Waals surface area contributed by atoms with Gasteiger partial charge in [-0.25, -0.2) is 4.98 Å². The van der Waals surface area contributed by atoms with E-state index in [1.807, 2.05) is 42.5 Å². The van der Waals surface area contributed by atoms with Crippen molar-refractivity contribution in [2.24, 2.45) is 0 Å². The van der Waals surface area contributed by atoms with Gasteiger partial charge in [0.15, 0.2) is 5.58 Å². The fourth-order valence-electron chi connectivity index (χ4n) is 3.87. The van der Waals surface area contributed by atoms with Crippen LogP contribution in [0.1, 0.15) is 0 Å². The molecule has 2 aromatic heterocycles. The average molecular weight is 360 g/mol. The molecule has 28 heavy (non-hydrogen) atoms. The molecule has 0 aliphatic carbocycles. The first-order chi connectivity index (χ1) is 13.9. The van der Waals surface area contributed by atoms with Crippen LogP contribution in [0.3, 0.4) is 0 Å². The quantitative estimate of drug-likeness (QED) is 0.369. The van der Waals surface area contributed by atoms with E-state index in [4.69, 9.17) is 4.42 Å². The lowest BCUT2D eigenvalue weighted by Gasteiger charge is -2.01. The molecule has 4 aromatic carbocycles. The summed E-state index contributed by atoms with van der Waals surface area (Å²) in [6, 6.07) is 31.1. The zero-order valence-electron chi connectivity index (χ0n) is 15.0. The number of oxazole rings is 1. The molecule has 0 unspecified atom stereocenters. The molecule has 0 bridgehead atoms. The molecule has 3 nitrogen and oxygen atoms in total. The van der Waals surface area contributed by atoms with Crippen molar-refractivity contribution < 1.29 is 4.42 Å². The number of fused-ring (bicyclic) bond motifs is 5. The van der Waals surface area contributed by atoms with Crippen molar-refractivity contribution in [3.05, 3.63) is 91.0 Å². The molecule has 3 heteroatoms. The van der Waals surface area contributed by atoms with Gasteiger partial charge in [-0.2, -0.15) is 0 Å². The minimum absolute atomic E-state index is 0.645. The van der Waals surface area contributed by atoms with E-state index in [1.54, 1.807) is 0 Å². The van der Waals surface area contributed by atoms with Crippen molar-refractivity contribution in [1.82, 2.24) is 9.97 Å². The largest absolute Gasteiger partial charge is 0.434 e. The van der Waals surface area contributed by atoms with E-state index in [-0.39, 0.29) is 0 Å². The zero-order chi connectivity index (χ0) is 18.5. The molecule has 0 radical (unpaired) electrons. The van der Waals surface area contributed by atoms with Crippen molar-refractivity contribution in [1.29, 1.82) is 0 Å². The summed E-state index contributed by atoms with van der Waals surface area (Å²) in [5.41, 5.74) is 7.15. The number of rotatable bonds is 2. The monoisotopic (exact) mass is 360 g/mol. The van der Waals surface area contributed by atoms with Crippen LogP contribution in [0.15, 0.2) is 95.4 Å². The summed E-state index contributed by atoms with van der Waals surface area (Å²) in [5, 5.41) is 2.34. The van der Waals surface area contributed by atoms with Gasteiger partial charge in [-0.15, -0.1) is 0 Å². The molecule has 0 saturated carbocycles. The van der Waals surface area contributed by atoms with Gasteiger partial charge < -0.3 is 9.40 Å². The van der Waals surface area contributed by atoms with E-state index in [0.29, 0.717) is 5.89 Å². The Morgan fingerprint density at radius 1 is 0.643 bits per heavy atom. The first-order valence-electron chi connectivity index (χ1n) is 9.33. The summed E-state index contributed by atoms with van der Waals surface area (Å²) in [6.07, 6.45) is 0. The highest BCUT2D eigenvalue weighted by Crippen LogP contribution is 2.35. The fourth-order valence-corrected chi connectivity index (χ4v) is 3.87. The van der Waals surface area contributed by atoms with Gasteiger partial charge in [0.2, 0.25) is 5.89 Å². The van der Waals surface area contributed by atoms with Gasteiger partial charge in [-0.3, -0.25) is 0 Å². The van der Waals surface area contributed by atoms with Crippen LogP contribution in [0.25, 0.3) is 55.5 Å². The average Bonchev–Trinajstić information content (AvgIpc) is 3.36. The molecular formula is C25H16N2O. The minimum Gasteiger partial charge on any atom is -0.434 e. The van der Waals surface area contributed by atoms with Gasteiger partial charge in [0.1, 0.15) is 5.52 Å². The van der Waals surface area contributed by atoms with Crippen LogP contribution in [0.4, 0.5) is 0 Å². The molecular weight excluding hydrogens is 344 g/mol. The van der Waals surface area contributed by atoms with E-state index in [0.717, 1.165) is 33.1 Å². The maximum absolute atomic E-state index is 6.17. The Labute approximate surface area is 161 Å². The Morgan fingerprint density at radius 2 is 1.39 bits per heavy atom. The molecule has 6 rings (SSSR count). The number of aromatic amines is 1. The van der Waals surface area contributed by atoms with Crippen molar-refractivity contribution in [3.8, 4) is 22.6 Å². The number of H-pyrrole nitrogens is 1. The van der Waals surface area contributed by atoms with Crippen LogP contribution in [0.2, 0.25) is 0 Å². The molecule has 0 aliphatic heterocycles. The van der Waals surface area contributed by atoms with E-state index in [2.05, 4.69) is 58.5 Å². The van der Waals surface area contributed by atoms with Gasteiger partial charge in [0.05, 0.1) is 5.52 Å². The lowest BCUT2D eigenvalue weighted by molar-refractivity contribution is 0.622. The van der Waals surface area contributed by atoms with E-state index >= 15 is 0 Å². The zero-order valence-corrected chi connectivity index (χ0v) is 15.0. The lowest BCUT2D eigenvalue weighted by Crippen LogP contribution is -1.76. The predicted octanol–water partition coefficient (Wildman–Crippen LogP) is 6.80. The maximum Gasteiger partial charge on any atom is 0.227 e. The number of hydrogen-bond donors (Lipinski definition) is 1. The Bertz CT molecular complexity index is 1410. The van der Waals surface area contributed by atoms with Crippen LogP contribution in [0, 0.1) is 0 Å². The van der Waals surface area contributed by atoms with Crippen LogP contribution in [-0.2, 0) is 0 Å². The normalized spacial score (nSPS) is 11.6. The van der Waals surface area contributed by atoms with Gasteiger partial charge in [0, 0.05) is 21.9 Å². The van der Waals surface area contributed by atoms with Crippen LogP contribution < -0.4 is 0 Å². The smallest absolute Gasteiger partial charge is 0.227 e. The molecule has 0 fully saturated rings. The second-order valence-corrected chi connectivity index (χ2v) is 6.97. The van der Waals surface area contributed by atoms with Crippen LogP contribution in [-0.4, -0.2) is 9.97 Å². The summed E-state index contributed by atoms with van der Waals surface area (Å²) in [6.45, 7) is 0. The first-order valence-corrected chi connectivity index (χ1v) is 9.33. The molecule has 6 aromatic rings. The van der Waals surface area contributed by atoms with Gasteiger partial charge in [0.25, 0.3) is 0 Å². The highest BCUT2D eigenvalue weighted by molar-refractivity contribution is 6.15. The Kier molecular flexibility index (Phi) is 3.17. The molecule has 0 spiro atoms. The fraction of sp³-hybridized carbons (Fsp3) is 0. The Hall–Kier alpha value is -3.85. The second kappa shape index (κ2) is 5.83. The van der Waals surface area contributed by atoms with Crippen molar-refractivity contribution in [3.63, 3.8) is 0 Å². The summed E-state index contributed by atoms with van der Waals surface area (Å²) in [4.78, 5) is 8.21. The number of aromatic nitrogens is 2. The molecule has 0 atom stereocenters. The molecule has 2 heterocycles. The third-order valence-corrected chi connectivity index (χ3v) is 5.25. The maximum atomic E-state index is 6.17. The summed E-state index contributed by atoms with van der Waals surface area (Å²) in [7, 11) is 0. The van der Waals surface area contributed by atoms with Crippen molar-refractivity contribution in [2.75, 3.05) is 0 Å². The Balaban J connectivity index is 1.59. The SMILES string of the molecule is c1ccc(-c2ccc3[nH]c4c(ccc5nc(-c6ccccc6)oc54)c3c2)cc1.